The monoisotopic (exact) mass is 364 g/mol. The van der Waals surface area contributed by atoms with Gasteiger partial charge in [0.2, 0.25) is 0 Å². The van der Waals surface area contributed by atoms with Crippen molar-refractivity contribution < 1.29 is 13.9 Å². The number of hydrogen-bond acceptors (Lipinski definition) is 3. The van der Waals surface area contributed by atoms with Gasteiger partial charge >= 0.3 is 0 Å². The third kappa shape index (κ3) is 4.04. The number of nitrogens with one attached hydrogen (secondary N) is 1. The minimum absolute atomic E-state index is 0. The molecule has 1 amide bonds. The van der Waals surface area contributed by atoms with E-state index in [1.807, 2.05) is 20.8 Å². The van der Waals surface area contributed by atoms with Crippen molar-refractivity contribution in [1.29, 1.82) is 0 Å². The highest BCUT2D eigenvalue weighted by Crippen LogP contribution is 2.40. The maximum atomic E-state index is 14.0. The predicted molar refractivity (Wildman–Crippen MR) is 98.8 cm³/mol. The highest BCUT2D eigenvalue weighted by atomic mass is 35.5. The number of carbonyl (C=O) groups is 1. The first-order valence-electron chi connectivity index (χ1n) is 7.91. The van der Waals surface area contributed by atoms with Gasteiger partial charge in [0.25, 0.3) is 5.91 Å². The standard InChI is InChI=1S/C19H21FN2O2.ClH/c1-11-4-6-15(20)13(8-11)18(23)22-16-10-19(2,3)24-17-7-5-12(21)9-14(16)17;/h4-9,16H,10,21H2,1-3H3,(H,22,23);1H. The molecule has 0 aromatic heterocycles. The van der Waals surface area contributed by atoms with Crippen molar-refractivity contribution in [1.82, 2.24) is 5.32 Å². The molecule has 1 unspecified atom stereocenters. The van der Waals surface area contributed by atoms with Gasteiger partial charge in [0.1, 0.15) is 17.2 Å². The van der Waals surface area contributed by atoms with Gasteiger partial charge < -0.3 is 15.8 Å². The molecule has 1 aliphatic heterocycles. The number of ether oxygens (including phenoxy) is 1. The lowest BCUT2D eigenvalue weighted by atomic mass is 9.89. The zero-order chi connectivity index (χ0) is 17.5. The third-order valence-corrected chi connectivity index (χ3v) is 4.16. The van der Waals surface area contributed by atoms with Crippen LogP contribution in [0.3, 0.4) is 0 Å². The van der Waals surface area contributed by atoms with Gasteiger partial charge in [-0.2, -0.15) is 0 Å². The Morgan fingerprint density at radius 1 is 1.28 bits per heavy atom. The Morgan fingerprint density at radius 2 is 2.00 bits per heavy atom. The van der Waals surface area contributed by atoms with E-state index in [-0.39, 0.29) is 24.0 Å². The molecule has 0 radical (unpaired) electrons. The summed E-state index contributed by atoms with van der Waals surface area (Å²) in [5.74, 6) is -0.278. The first-order valence-corrected chi connectivity index (χ1v) is 7.91. The molecule has 0 saturated carbocycles. The maximum absolute atomic E-state index is 14.0. The van der Waals surface area contributed by atoms with Crippen molar-refractivity contribution in [3.8, 4) is 5.75 Å². The van der Waals surface area contributed by atoms with Crippen molar-refractivity contribution in [2.75, 3.05) is 5.73 Å². The van der Waals surface area contributed by atoms with Crippen LogP contribution in [-0.4, -0.2) is 11.5 Å². The summed E-state index contributed by atoms with van der Waals surface area (Å²) in [5.41, 5.74) is 7.72. The van der Waals surface area contributed by atoms with Gasteiger partial charge in [0.05, 0.1) is 11.6 Å². The Bertz CT molecular complexity index is 808. The SMILES string of the molecule is Cc1ccc(F)c(C(=O)NC2CC(C)(C)Oc3ccc(N)cc32)c1.Cl. The first-order chi connectivity index (χ1) is 11.2. The second kappa shape index (κ2) is 6.92. The van der Waals surface area contributed by atoms with E-state index in [0.29, 0.717) is 17.9 Å². The molecule has 0 fully saturated rings. The number of benzene rings is 2. The fraction of sp³-hybridized carbons (Fsp3) is 0.316. The van der Waals surface area contributed by atoms with Crippen molar-refractivity contribution in [2.24, 2.45) is 0 Å². The topological polar surface area (TPSA) is 64.3 Å². The van der Waals surface area contributed by atoms with Crippen LogP contribution in [0.1, 0.15) is 47.8 Å². The predicted octanol–water partition coefficient (Wildman–Crippen LogP) is 4.17. The van der Waals surface area contributed by atoms with E-state index in [9.17, 15) is 9.18 Å². The number of anilines is 1. The second-order valence-corrected chi connectivity index (χ2v) is 6.87. The molecular formula is C19H22ClFN2O2. The average Bonchev–Trinajstić information content (AvgIpc) is 2.49. The van der Waals surface area contributed by atoms with E-state index >= 15 is 0 Å². The summed E-state index contributed by atoms with van der Waals surface area (Å²) in [4.78, 5) is 12.6. The Balaban J connectivity index is 0.00000225. The number of hydrogen-bond donors (Lipinski definition) is 2. The van der Waals surface area contributed by atoms with Crippen molar-refractivity contribution in [3.05, 3.63) is 58.9 Å². The Kier molecular flexibility index (Phi) is 5.28. The fourth-order valence-corrected chi connectivity index (χ4v) is 3.05. The molecule has 3 N–H and O–H groups in total. The van der Waals surface area contributed by atoms with E-state index in [1.54, 1.807) is 30.3 Å². The van der Waals surface area contributed by atoms with Crippen LogP contribution in [0.25, 0.3) is 0 Å². The molecule has 25 heavy (non-hydrogen) atoms. The molecule has 2 aromatic rings. The number of nitrogen functional groups attached to an aromatic ring is 1. The Morgan fingerprint density at radius 3 is 2.72 bits per heavy atom. The molecule has 2 aromatic carbocycles. The second-order valence-electron chi connectivity index (χ2n) is 6.87. The molecular weight excluding hydrogens is 343 g/mol. The van der Waals surface area contributed by atoms with Gasteiger partial charge in [0, 0.05) is 17.7 Å². The lowest BCUT2D eigenvalue weighted by Crippen LogP contribution is -2.41. The summed E-state index contributed by atoms with van der Waals surface area (Å²) in [6, 6.07) is 9.57. The van der Waals surface area contributed by atoms with Crippen LogP contribution >= 0.6 is 12.4 Å². The molecule has 0 aliphatic carbocycles. The lowest BCUT2D eigenvalue weighted by Gasteiger charge is -2.38. The van der Waals surface area contributed by atoms with Gasteiger partial charge in [-0.25, -0.2) is 4.39 Å². The number of carbonyl (C=O) groups excluding carboxylic acids is 1. The highest BCUT2D eigenvalue weighted by molar-refractivity contribution is 5.95. The van der Waals surface area contributed by atoms with Crippen LogP contribution in [0, 0.1) is 12.7 Å². The Labute approximate surface area is 153 Å². The zero-order valence-corrected chi connectivity index (χ0v) is 15.2. The summed E-state index contributed by atoms with van der Waals surface area (Å²) < 4.78 is 19.9. The highest BCUT2D eigenvalue weighted by Gasteiger charge is 2.35. The van der Waals surface area contributed by atoms with E-state index < -0.39 is 17.3 Å². The summed E-state index contributed by atoms with van der Waals surface area (Å²) >= 11 is 0. The minimum Gasteiger partial charge on any atom is -0.487 e. The molecule has 3 rings (SSSR count). The summed E-state index contributed by atoms with van der Waals surface area (Å²) in [7, 11) is 0. The fourth-order valence-electron chi connectivity index (χ4n) is 3.05. The first kappa shape index (κ1) is 19.1. The smallest absolute Gasteiger partial charge is 0.254 e. The quantitative estimate of drug-likeness (QED) is 0.786. The maximum Gasteiger partial charge on any atom is 0.254 e. The van der Waals surface area contributed by atoms with Gasteiger partial charge in [-0.05, 0) is 51.1 Å². The van der Waals surface area contributed by atoms with Gasteiger partial charge in [0.15, 0.2) is 0 Å². The summed E-state index contributed by atoms with van der Waals surface area (Å²) in [5, 5.41) is 2.93. The lowest BCUT2D eigenvalue weighted by molar-refractivity contribution is 0.0619. The van der Waals surface area contributed by atoms with E-state index in [0.717, 1.165) is 11.1 Å². The minimum atomic E-state index is -0.530. The molecule has 1 aliphatic rings. The van der Waals surface area contributed by atoms with E-state index in [1.165, 1.54) is 6.07 Å². The van der Waals surface area contributed by atoms with E-state index in [2.05, 4.69) is 5.32 Å². The van der Waals surface area contributed by atoms with Crippen LogP contribution in [-0.2, 0) is 0 Å². The van der Waals surface area contributed by atoms with Gasteiger partial charge in [-0.15, -0.1) is 12.4 Å². The van der Waals surface area contributed by atoms with Crippen LogP contribution in [0.15, 0.2) is 36.4 Å². The summed E-state index contributed by atoms with van der Waals surface area (Å²) in [6.07, 6.45) is 0.572. The molecule has 1 atom stereocenters. The van der Waals surface area contributed by atoms with Crippen LogP contribution < -0.4 is 15.8 Å². The number of fused-ring (bicyclic) bond motifs is 1. The molecule has 0 bridgehead atoms. The molecule has 1 heterocycles. The molecule has 0 saturated heterocycles. The van der Waals surface area contributed by atoms with Crippen LogP contribution in [0.2, 0.25) is 0 Å². The number of aryl methyl sites for hydroxylation is 1. The van der Waals surface area contributed by atoms with Gasteiger partial charge in [-0.1, -0.05) is 11.6 Å². The van der Waals surface area contributed by atoms with E-state index in [4.69, 9.17) is 10.5 Å². The number of halogens is 2. The third-order valence-electron chi connectivity index (χ3n) is 4.16. The zero-order valence-electron chi connectivity index (χ0n) is 14.4. The van der Waals surface area contributed by atoms with Crippen molar-refractivity contribution >= 4 is 24.0 Å². The molecule has 0 spiro atoms. The normalized spacial score (nSPS) is 17.7. The largest absolute Gasteiger partial charge is 0.487 e. The summed E-state index contributed by atoms with van der Waals surface area (Å²) in [6.45, 7) is 5.74. The van der Waals surface area contributed by atoms with Crippen molar-refractivity contribution in [2.45, 2.75) is 38.8 Å². The number of nitrogens with two attached hydrogens (primary N) is 1. The van der Waals surface area contributed by atoms with Crippen LogP contribution in [0.5, 0.6) is 5.75 Å². The molecule has 4 nitrogen and oxygen atoms in total. The number of rotatable bonds is 2. The Hall–Kier alpha value is -2.27. The van der Waals surface area contributed by atoms with Crippen LogP contribution in [0.4, 0.5) is 10.1 Å². The van der Waals surface area contributed by atoms with Crippen molar-refractivity contribution in [3.63, 3.8) is 0 Å². The molecule has 134 valence electrons. The molecule has 6 heteroatoms. The van der Waals surface area contributed by atoms with Gasteiger partial charge in [-0.3, -0.25) is 4.79 Å². The number of amides is 1. The average molecular weight is 365 g/mol.